The molecule has 5 heteroatoms. The molecule has 0 aliphatic carbocycles. The van der Waals surface area contributed by atoms with Crippen molar-refractivity contribution >= 4 is 5.91 Å². The first-order valence-corrected chi connectivity index (χ1v) is 8.83. The first kappa shape index (κ1) is 15.1. The van der Waals surface area contributed by atoms with Crippen molar-refractivity contribution in [2.24, 2.45) is 11.8 Å². The van der Waals surface area contributed by atoms with E-state index in [2.05, 4.69) is 9.88 Å². The van der Waals surface area contributed by atoms with Crippen molar-refractivity contribution in [3.8, 4) is 0 Å². The quantitative estimate of drug-likeness (QED) is 0.851. The molecule has 4 heterocycles. The average Bonchev–Trinajstić information content (AvgIpc) is 3.24. The van der Waals surface area contributed by atoms with Gasteiger partial charge < -0.3 is 14.5 Å². The molecule has 3 atom stereocenters. The highest BCUT2D eigenvalue weighted by atomic mass is 16.5. The molecule has 3 aliphatic rings. The molecule has 3 aliphatic heterocycles. The van der Waals surface area contributed by atoms with Crippen LogP contribution in [0.2, 0.25) is 0 Å². The summed E-state index contributed by atoms with van der Waals surface area (Å²) >= 11 is 0. The lowest BCUT2D eigenvalue weighted by atomic mass is 9.88. The van der Waals surface area contributed by atoms with E-state index in [-0.39, 0.29) is 5.91 Å². The number of amides is 1. The van der Waals surface area contributed by atoms with Gasteiger partial charge in [-0.15, -0.1) is 0 Å². The number of fused-ring (bicyclic) bond motifs is 1. The molecule has 4 rings (SSSR count). The maximum absolute atomic E-state index is 12.6. The van der Waals surface area contributed by atoms with Crippen LogP contribution in [0, 0.1) is 11.8 Å². The summed E-state index contributed by atoms with van der Waals surface area (Å²) in [4.78, 5) is 21.2. The summed E-state index contributed by atoms with van der Waals surface area (Å²) in [5.41, 5.74) is 0.759. The predicted molar refractivity (Wildman–Crippen MR) is 87.2 cm³/mol. The SMILES string of the molecule is O=C(c1ccncc1)N1C[C@H]2CN(C[C@@H]3CCCO3)CC[C@H]2C1. The van der Waals surface area contributed by atoms with Crippen LogP contribution >= 0.6 is 0 Å². The molecule has 1 aromatic rings. The highest BCUT2D eigenvalue weighted by Crippen LogP contribution is 2.32. The molecule has 124 valence electrons. The van der Waals surface area contributed by atoms with Crippen LogP contribution in [-0.2, 0) is 4.74 Å². The molecule has 0 aromatic carbocycles. The number of pyridine rings is 1. The van der Waals surface area contributed by atoms with Crippen molar-refractivity contribution < 1.29 is 9.53 Å². The molecule has 0 unspecified atom stereocenters. The van der Waals surface area contributed by atoms with E-state index in [1.165, 1.54) is 19.3 Å². The largest absolute Gasteiger partial charge is 0.377 e. The van der Waals surface area contributed by atoms with Crippen LogP contribution in [-0.4, -0.2) is 66.1 Å². The maximum atomic E-state index is 12.6. The van der Waals surface area contributed by atoms with Gasteiger partial charge in [-0.05, 0) is 49.8 Å². The fraction of sp³-hybridized carbons (Fsp3) is 0.667. The van der Waals surface area contributed by atoms with E-state index in [0.29, 0.717) is 17.9 Å². The molecular weight excluding hydrogens is 290 g/mol. The van der Waals surface area contributed by atoms with Crippen LogP contribution in [0.5, 0.6) is 0 Å². The van der Waals surface area contributed by atoms with E-state index in [9.17, 15) is 4.79 Å². The van der Waals surface area contributed by atoms with E-state index >= 15 is 0 Å². The molecule has 3 fully saturated rings. The van der Waals surface area contributed by atoms with Gasteiger partial charge >= 0.3 is 0 Å². The summed E-state index contributed by atoms with van der Waals surface area (Å²) in [5.74, 6) is 1.45. The second kappa shape index (κ2) is 6.57. The molecule has 3 saturated heterocycles. The van der Waals surface area contributed by atoms with Gasteiger partial charge in [-0.25, -0.2) is 0 Å². The topological polar surface area (TPSA) is 45.7 Å². The summed E-state index contributed by atoms with van der Waals surface area (Å²) in [6.45, 7) is 6.08. The number of carbonyl (C=O) groups excluding carboxylic acids is 1. The third kappa shape index (κ3) is 3.26. The molecule has 0 N–H and O–H groups in total. The molecule has 1 aromatic heterocycles. The Labute approximate surface area is 137 Å². The number of ether oxygens (including phenoxy) is 1. The van der Waals surface area contributed by atoms with Crippen molar-refractivity contribution in [1.29, 1.82) is 0 Å². The van der Waals surface area contributed by atoms with Gasteiger partial charge in [0.1, 0.15) is 0 Å². The first-order valence-electron chi connectivity index (χ1n) is 8.83. The van der Waals surface area contributed by atoms with Gasteiger partial charge in [-0.3, -0.25) is 9.78 Å². The van der Waals surface area contributed by atoms with Crippen molar-refractivity contribution in [1.82, 2.24) is 14.8 Å². The van der Waals surface area contributed by atoms with Gasteiger partial charge in [-0.1, -0.05) is 0 Å². The number of hydrogen-bond acceptors (Lipinski definition) is 4. The minimum Gasteiger partial charge on any atom is -0.377 e. The molecule has 5 nitrogen and oxygen atoms in total. The monoisotopic (exact) mass is 315 g/mol. The van der Waals surface area contributed by atoms with E-state index in [0.717, 1.165) is 44.9 Å². The summed E-state index contributed by atoms with van der Waals surface area (Å²) < 4.78 is 5.77. The second-order valence-electron chi connectivity index (χ2n) is 7.15. The highest BCUT2D eigenvalue weighted by molar-refractivity contribution is 5.94. The van der Waals surface area contributed by atoms with Gasteiger partial charge in [-0.2, -0.15) is 0 Å². The summed E-state index contributed by atoms with van der Waals surface area (Å²) in [7, 11) is 0. The third-order valence-corrected chi connectivity index (χ3v) is 5.59. The fourth-order valence-electron chi connectivity index (χ4n) is 4.33. The van der Waals surface area contributed by atoms with Crippen LogP contribution in [0.3, 0.4) is 0 Å². The zero-order valence-electron chi connectivity index (χ0n) is 13.6. The van der Waals surface area contributed by atoms with E-state index < -0.39 is 0 Å². The Kier molecular flexibility index (Phi) is 4.31. The molecule has 23 heavy (non-hydrogen) atoms. The Morgan fingerprint density at radius 3 is 2.78 bits per heavy atom. The van der Waals surface area contributed by atoms with Gasteiger partial charge in [0.15, 0.2) is 0 Å². The number of likely N-dealkylation sites (tertiary alicyclic amines) is 2. The first-order chi connectivity index (χ1) is 11.3. The van der Waals surface area contributed by atoms with Gasteiger partial charge in [0.05, 0.1) is 6.10 Å². The van der Waals surface area contributed by atoms with Gasteiger partial charge in [0.25, 0.3) is 5.91 Å². The fourth-order valence-corrected chi connectivity index (χ4v) is 4.33. The Morgan fingerprint density at radius 1 is 1.17 bits per heavy atom. The predicted octanol–water partition coefficient (Wildman–Crippen LogP) is 1.65. The summed E-state index contributed by atoms with van der Waals surface area (Å²) in [6, 6.07) is 3.63. The number of aromatic nitrogens is 1. The molecule has 0 bridgehead atoms. The van der Waals surface area contributed by atoms with Crippen molar-refractivity contribution in [3.05, 3.63) is 30.1 Å². The Balaban J connectivity index is 1.35. The lowest BCUT2D eigenvalue weighted by molar-refractivity contribution is 0.0506. The smallest absolute Gasteiger partial charge is 0.253 e. The number of carbonyl (C=O) groups is 1. The van der Waals surface area contributed by atoms with Crippen LogP contribution < -0.4 is 0 Å². The lowest BCUT2D eigenvalue weighted by Crippen LogP contribution is -2.43. The zero-order valence-corrected chi connectivity index (χ0v) is 13.6. The Hall–Kier alpha value is -1.46. The molecule has 0 radical (unpaired) electrons. The minimum atomic E-state index is 0.160. The Bertz CT molecular complexity index is 544. The molecular formula is C18H25N3O2. The number of hydrogen-bond donors (Lipinski definition) is 0. The van der Waals surface area contributed by atoms with Gasteiger partial charge in [0, 0.05) is 50.7 Å². The summed E-state index contributed by atoms with van der Waals surface area (Å²) in [6.07, 6.45) is 7.44. The normalized spacial score (nSPS) is 31.3. The van der Waals surface area contributed by atoms with Crippen molar-refractivity contribution in [3.63, 3.8) is 0 Å². The van der Waals surface area contributed by atoms with Gasteiger partial charge in [0.2, 0.25) is 0 Å². The standard InChI is InChI=1S/C18H25N3O2/c22-18(14-3-6-19-7-4-14)21-11-15-5-8-20(10-16(15)12-21)13-17-2-1-9-23-17/h3-4,6-7,15-17H,1-2,5,8-13H2/t15-,16+,17-/m0/s1. The number of rotatable bonds is 3. The van der Waals surface area contributed by atoms with Crippen molar-refractivity contribution in [2.75, 3.05) is 39.3 Å². The number of nitrogens with zero attached hydrogens (tertiary/aromatic N) is 3. The van der Waals surface area contributed by atoms with Crippen LogP contribution in [0.1, 0.15) is 29.6 Å². The Morgan fingerprint density at radius 2 is 2.00 bits per heavy atom. The third-order valence-electron chi connectivity index (χ3n) is 5.59. The van der Waals surface area contributed by atoms with E-state index in [4.69, 9.17) is 4.74 Å². The highest BCUT2D eigenvalue weighted by Gasteiger charge is 2.39. The van der Waals surface area contributed by atoms with Crippen LogP contribution in [0.4, 0.5) is 0 Å². The van der Waals surface area contributed by atoms with E-state index in [1.807, 2.05) is 17.0 Å². The second-order valence-corrected chi connectivity index (χ2v) is 7.15. The lowest BCUT2D eigenvalue weighted by Gasteiger charge is -2.35. The zero-order chi connectivity index (χ0) is 15.6. The number of piperidine rings is 1. The van der Waals surface area contributed by atoms with Crippen molar-refractivity contribution in [2.45, 2.75) is 25.4 Å². The van der Waals surface area contributed by atoms with Crippen LogP contribution in [0.15, 0.2) is 24.5 Å². The average molecular weight is 315 g/mol. The molecule has 1 amide bonds. The summed E-state index contributed by atoms with van der Waals surface area (Å²) in [5, 5.41) is 0. The van der Waals surface area contributed by atoms with E-state index in [1.54, 1.807) is 12.4 Å². The molecule has 0 spiro atoms. The van der Waals surface area contributed by atoms with Crippen LogP contribution in [0.25, 0.3) is 0 Å². The molecule has 0 saturated carbocycles. The maximum Gasteiger partial charge on any atom is 0.253 e. The minimum absolute atomic E-state index is 0.160.